The zero-order valence-corrected chi connectivity index (χ0v) is 8.87. The van der Waals surface area contributed by atoms with Crippen LogP contribution in [0, 0.1) is 11.3 Å². The summed E-state index contributed by atoms with van der Waals surface area (Å²) < 4.78 is 23.4. The van der Waals surface area contributed by atoms with E-state index in [1.54, 1.807) is 0 Å². The average Bonchev–Trinajstić information content (AvgIpc) is 2.18. The average molecular weight is 225 g/mol. The van der Waals surface area contributed by atoms with Gasteiger partial charge in [-0.3, -0.25) is 4.98 Å². The van der Waals surface area contributed by atoms with Crippen molar-refractivity contribution in [2.24, 2.45) is 0 Å². The van der Waals surface area contributed by atoms with E-state index in [-0.39, 0.29) is 22.8 Å². The highest BCUT2D eigenvalue weighted by atomic mass is 32.2. The zero-order valence-electron chi connectivity index (χ0n) is 8.05. The molecule has 0 aliphatic heterocycles. The fourth-order valence-corrected chi connectivity index (χ4v) is 2.55. The Morgan fingerprint density at radius 2 is 2.27 bits per heavy atom. The lowest BCUT2D eigenvalue weighted by atomic mass is 10.4. The Kier molecular flexibility index (Phi) is 3.63. The monoisotopic (exact) mass is 225 g/mol. The fourth-order valence-electron chi connectivity index (χ4n) is 1.13. The smallest absolute Gasteiger partial charge is 0.180 e. The first kappa shape index (κ1) is 11.5. The van der Waals surface area contributed by atoms with Gasteiger partial charge in [-0.25, -0.2) is 8.42 Å². The molecule has 1 aromatic rings. The lowest BCUT2D eigenvalue weighted by molar-refractivity contribution is 0.594. The maximum atomic E-state index is 11.7. The van der Waals surface area contributed by atoms with Gasteiger partial charge >= 0.3 is 0 Å². The van der Waals surface area contributed by atoms with Crippen LogP contribution in [0.5, 0.6) is 0 Å². The second kappa shape index (κ2) is 4.75. The van der Waals surface area contributed by atoms with Gasteiger partial charge in [0.1, 0.15) is 0 Å². The molecular weight excluding hydrogens is 214 g/mol. The Morgan fingerprint density at radius 3 is 2.87 bits per heavy atom. The van der Waals surface area contributed by atoms with E-state index in [1.165, 1.54) is 18.5 Å². The van der Waals surface area contributed by atoms with E-state index >= 15 is 0 Å². The predicted octanol–water partition coefficient (Wildman–Crippen LogP) is 0.741. The minimum absolute atomic E-state index is 0.0607. The molecule has 0 aliphatic carbocycles. The Labute approximate surface area is 88.5 Å². The van der Waals surface area contributed by atoms with Gasteiger partial charge in [-0.15, -0.1) is 0 Å². The Balaban J connectivity index is 2.88. The standard InChI is InChI=1S/C9H11N3O2S/c10-4-1-2-6-15(13,14)9-3-5-12-7-8(9)11/h3,5,7H,1-2,6,11H2. The molecule has 15 heavy (non-hydrogen) atoms. The van der Waals surface area contributed by atoms with Crippen LogP contribution in [-0.4, -0.2) is 19.2 Å². The number of rotatable bonds is 4. The van der Waals surface area contributed by atoms with E-state index in [2.05, 4.69) is 4.98 Å². The maximum absolute atomic E-state index is 11.7. The van der Waals surface area contributed by atoms with E-state index in [1.807, 2.05) is 6.07 Å². The van der Waals surface area contributed by atoms with Gasteiger partial charge in [0.15, 0.2) is 9.84 Å². The van der Waals surface area contributed by atoms with Crippen molar-refractivity contribution >= 4 is 15.5 Å². The Morgan fingerprint density at radius 1 is 1.53 bits per heavy atom. The molecule has 6 heteroatoms. The summed E-state index contributed by atoms with van der Waals surface area (Å²) in [6.07, 6.45) is 3.23. The molecule has 0 saturated carbocycles. The largest absolute Gasteiger partial charge is 0.396 e. The van der Waals surface area contributed by atoms with Crippen LogP contribution in [0.1, 0.15) is 12.8 Å². The molecule has 0 aliphatic rings. The SMILES string of the molecule is N#CCCCS(=O)(=O)c1ccncc1N. The number of anilines is 1. The number of nitriles is 1. The van der Waals surface area contributed by atoms with Gasteiger partial charge < -0.3 is 5.73 Å². The van der Waals surface area contributed by atoms with Crippen LogP contribution >= 0.6 is 0 Å². The maximum Gasteiger partial charge on any atom is 0.180 e. The highest BCUT2D eigenvalue weighted by Crippen LogP contribution is 2.18. The van der Waals surface area contributed by atoms with Crippen molar-refractivity contribution in [1.82, 2.24) is 4.98 Å². The molecule has 0 bridgehead atoms. The molecule has 0 spiro atoms. The van der Waals surface area contributed by atoms with Crippen molar-refractivity contribution < 1.29 is 8.42 Å². The second-order valence-corrected chi connectivity index (χ2v) is 5.07. The summed E-state index contributed by atoms with van der Waals surface area (Å²) in [6.45, 7) is 0. The highest BCUT2D eigenvalue weighted by molar-refractivity contribution is 7.91. The Bertz CT molecular complexity index is 476. The molecule has 5 nitrogen and oxygen atoms in total. The van der Waals surface area contributed by atoms with Crippen molar-refractivity contribution in [3.8, 4) is 6.07 Å². The second-order valence-electron chi connectivity index (χ2n) is 2.99. The lowest BCUT2D eigenvalue weighted by Gasteiger charge is -2.05. The van der Waals surface area contributed by atoms with Gasteiger partial charge in [0.25, 0.3) is 0 Å². The number of nitrogens with two attached hydrogens (primary N) is 1. The lowest BCUT2D eigenvalue weighted by Crippen LogP contribution is -2.09. The first-order chi connectivity index (χ1) is 7.08. The van der Waals surface area contributed by atoms with Crippen molar-refractivity contribution in [2.45, 2.75) is 17.7 Å². The first-order valence-corrected chi connectivity index (χ1v) is 6.02. The van der Waals surface area contributed by atoms with E-state index in [0.29, 0.717) is 6.42 Å². The number of hydrogen-bond acceptors (Lipinski definition) is 5. The van der Waals surface area contributed by atoms with Gasteiger partial charge in [-0.1, -0.05) is 0 Å². The number of pyridine rings is 1. The molecule has 0 radical (unpaired) electrons. The van der Waals surface area contributed by atoms with Crippen molar-refractivity contribution in [3.05, 3.63) is 18.5 Å². The number of nitrogens with zero attached hydrogens (tertiary/aromatic N) is 2. The van der Waals surface area contributed by atoms with Crippen LogP contribution in [0.3, 0.4) is 0 Å². The minimum atomic E-state index is -3.38. The molecule has 1 aromatic heterocycles. The van der Waals surface area contributed by atoms with Gasteiger partial charge in [-0.2, -0.15) is 5.26 Å². The van der Waals surface area contributed by atoms with Crippen molar-refractivity contribution in [2.75, 3.05) is 11.5 Å². The third kappa shape index (κ3) is 2.92. The van der Waals surface area contributed by atoms with Gasteiger partial charge in [0, 0.05) is 12.6 Å². The predicted molar refractivity (Wildman–Crippen MR) is 55.5 cm³/mol. The summed E-state index contributed by atoms with van der Waals surface area (Å²) in [5.74, 6) is -0.0607. The molecule has 0 saturated heterocycles. The summed E-state index contributed by atoms with van der Waals surface area (Å²) in [5, 5.41) is 8.31. The Hall–Kier alpha value is -1.61. The molecule has 2 N–H and O–H groups in total. The molecule has 0 unspecified atom stereocenters. The summed E-state index contributed by atoms with van der Waals surface area (Å²) in [4.78, 5) is 3.81. The summed E-state index contributed by atoms with van der Waals surface area (Å²) in [7, 11) is -3.38. The number of aromatic nitrogens is 1. The van der Waals surface area contributed by atoms with Gasteiger partial charge in [0.05, 0.1) is 28.6 Å². The van der Waals surface area contributed by atoms with Crippen LogP contribution < -0.4 is 5.73 Å². The number of nitrogen functional groups attached to an aromatic ring is 1. The van der Waals surface area contributed by atoms with E-state index in [0.717, 1.165) is 0 Å². The summed E-state index contributed by atoms with van der Waals surface area (Å²) >= 11 is 0. The molecule has 1 heterocycles. The molecule has 80 valence electrons. The zero-order chi connectivity index (χ0) is 11.3. The molecule has 0 aromatic carbocycles. The summed E-state index contributed by atoms with van der Waals surface area (Å²) in [6, 6.07) is 3.27. The fraction of sp³-hybridized carbons (Fsp3) is 0.333. The number of hydrogen-bond donors (Lipinski definition) is 1. The van der Waals surface area contributed by atoms with Crippen LogP contribution in [-0.2, 0) is 9.84 Å². The van der Waals surface area contributed by atoms with E-state index in [4.69, 9.17) is 11.0 Å². The molecular formula is C9H11N3O2S. The third-order valence-electron chi connectivity index (χ3n) is 1.85. The number of sulfone groups is 1. The minimum Gasteiger partial charge on any atom is -0.396 e. The topological polar surface area (TPSA) is 96.8 Å². The quantitative estimate of drug-likeness (QED) is 0.762. The number of unbranched alkanes of at least 4 members (excludes halogenated alkanes) is 1. The molecule has 1 rings (SSSR count). The van der Waals surface area contributed by atoms with Crippen LogP contribution in [0.15, 0.2) is 23.4 Å². The summed E-state index contributed by atoms with van der Waals surface area (Å²) in [5.41, 5.74) is 5.65. The van der Waals surface area contributed by atoms with Crippen LogP contribution in [0.2, 0.25) is 0 Å². The van der Waals surface area contributed by atoms with Gasteiger partial charge in [-0.05, 0) is 12.5 Å². The third-order valence-corrected chi connectivity index (χ3v) is 3.71. The van der Waals surface area contributed by atoms with Crippen LogP contribution in [0.4, 0.5) is 5.69 Å². The van der Waals surface area contributed by atoms with E-state index in [9.17, 15) is 8.42 Å². The normalized spacial score (nSPS) is 10.9. The molecule has 0 fully saturated rings. The van der Waals surface area contributed by atoms with Crippen LogP contribution in [0.25, 0.3) is 0 Å². The van der Waals surface area contributed by atoms with Gasteiger partial charge in [0.2, 0.25) is 0 Å². The molecule has 0 amide bonds. The van der Waals surface area contributed by atoms with Crippen molar-refractivity contribution in [3.63, 3.8) is 0 Å². The van der Waals surface area contributed by atoms with Crippen molar-refractivity contribution in [1.29, 1.82) is 5.26 Å². The van der Waals surface area contributed by atoms with E-state index < -0.39 is 9.84 Å². The highest BCUT2D eigenvalue weighted by Gasteiger charge is 2.16. The first-order valence-electron chi connectivity index (χ1n) is 4.37. The molecule has 0 atom stereocenters.